The molecule has 0 aliphatic rings. The molecule has 1 N–H and O–H groups in total. The molecule has 0 radical (unpaired) electrons. The van der Waals surface area contributed by atoms with Crippen LogP contribution in [0.25, 0.3) is 0 Å². The lowest BCUT2D eigenvalue weighted by Crippen LogP contribution is -2.35. The standard InChI is InChI=1S/C22H23N3O2/c1-16-11-15-25(17(2)19-6-4-3-5-7-19)22(27)20(16)21(26)24-14-10-18-8-12-23-13-9-18/h3-9,11-13,15,17H,10,14H2,1-2H3,(H,24,26). The molecular weight excluding hydrogens is 338 g/mol. The summed E-state index contributed by atoms with van der Waals surface area (Å²) in [6.07, 6.45) is 5.89. The number of benzene rings is 1. The molecule has 1 unspecified atom stereocenters. The van der Waals surface area contributed by atoms with Crippen LogP contribution in [0, 0.1) is 6.92 Å². The average molecular weight is 361 g/mol. The fraction of sp³-hybridized carbons (Fsp3) is 0.227. The normalized spacial score (nSPS) is 11.8. The van der Waals surface area contributed by atoms with Crippen molar-refractivity contribution in [3.8, 4) is 0 Å². The van der Waals surface area contributed by atoms with E-state index in [0.717, 1.165) is 11.1 Å². The first kappa shape index (κ1) is 18.6. The molecule has 138 valence electrons. The summed E-state index contributed by atoms with van der Waals surface area (Å²) in [5.74, 6) is -0.332. The fourth-order valence-corrected chi connectivity index (χ4v) is 3.07. The second-order valence-corrected chi connectivity index (χ2v) is 6.53. The van der Waals surface area contributed by atoms with Gasteiger partial charge in [-0.1, -0.05) is 30.3 Å². The first-order valence-corrected chi connectivity index (χ1v) is 9.01. The van der Waals surface area contributed by atoms with Gasteiger partial charge >= 0.3 is 0 Å². The number of nitrogens with one attached hydrogen (secondary N) is 1. The van der Waals surface area contributed by atoms with Gasteiger partial charge in [-0.15, -0.1) is 0 Å². The lowest BCUT2D eigenvalue weighted by molar-refractivity contribution is 0.0951. The van der Waals surface area contributed by atoms with Crippen molar-refractivity contribution < 1.29 is 4.79 Å². The van der Waals surface area contributed by atoms with Gasteiger partial charge in [0.1, 0.15) is 5.56 Å². The third-order valence-electron chi connectivity index (χ3n) is 4.70. The number of carbonyl (C=O) groups excluding carboxylic acids is 1. The summed E-state index contributed by atoms with van der Waals surface area (Å²) in [7, 11) is 0. The number of aryl methyl sites for hydroxylation is 1. The Bertz CT molecular complexity index is 966. The van der Waals surface area contributed by atoms with Crippen molar-refractivity contribution in [2.24, 2.45) is 0 Å². The van der Waals surface area contributed by atoms with Crippen molar-refractivity contribution in [3.63, 3.8) is 0 Å². The minimum absolute atomic E-state index is 0.150. The van der Waals surface area contributed by atoms with E-state index in [0.29, 0.717) is 18.5 Å². The Kier molecular flexibility index (Phi) is 5.81. The van der Waals surface area contributed by atoms with E-state index in [1.165, 1.54) is 0 Å². The minimum atomic E-state index is -0.332. The number of pyridine rings is 2. The van der Waals surface area contributed by atoms with Gasteiger partial charge in [0.05, 0.1) is 6.04 Å². The molecule has 0 spiro atoms. The molecule has 0 saturated carbocycles. The first-order valence-electron chi connectivity index (χ1n) is 9.01. The van der Waals surface area contributed by atoms with Gasteiger partial charge in [0, 0.05) is 25.1 Å². The van der Waals surface area contributed by atoms with Crippen molar-refractivity contribution >= 4 is 5.91 Å². The van der Waals surface area contributed by atoms with Gasteiger partial charge in [-0.05, 0) is 55.2 Å². The quantitative estimate of drug-likeness (QED) is 0.734. The fourth-order valence-electron chi connectivity index (χ4n) is 3.07. The van der Waals surface area contributed by atoms with Gasteiger partial charge in [-0.3, -0.25) is 14.6 Å². The molecule has 5 heteroatoms. The molecule has 2 heterocycles. The number of aromatic nitrogens is 2. The second kappa shape index (κ2) is 8.45. The van der Waals surface area contributed by atoms with Crippen molar-refractivity contribution in [1.29, 1.82) is 0 Å². The molecule has 1 atom stereocenters. The molecule has 0 fully saturated rings. The molecule has 27 heavy (non-hydrogen) atoms. The molecule has 3 rings (SSSR count). The van der Waals surface area contributed by atoms with E-state index < -0.39 is 0 Å². The van der Waals surface area contributed by atoms with E-state index in [9.17, 15) is 9.59 Å². The van der Waals surface area contributed by atoms with Crippen molar-refractivity contribution in [2.45, 2.75) is 26.3 Å². The second-order valence-electron chi connectivity index (χ2n) is 6.53. The number of rotatable bonds is 6. The van der Waals surface area contributed by atoms with E-state index in [1.807, 2.05) is 55.5 Å². The van der Waals surface area contributed by atoms with Gasteiger partial charge in [-0.2, -0.15) is 0 Å². The van der Waals surface area contributed by atoms with Crippen LogP contribution in [0.1, 0.15) is 40.0 Å². The monoisotopic (exact) mass is 361 g/mol. The Hall–Kier alpha value is -3.21. The number of nitrogens with zero attached hydrogens (tertiary/aromatic N) is 2. The maximum absolute atomic E-state index is 13.0. The van der Waals surface area contributed by atoms with Crippen molar-refractivity contribution in [2.75, 3.05) is 6.54 Å². The smallest absolute Gasteiger partial charge is 0.264 e. The van der Waals surface area contributed by atoms with E-state index in [1.54, 1.807) is 30.1 Å². The van der Waals surface area contributed by atoms with E-state index in [2.05, 4.69) is 10.3 Å². The number of hydrogen-bond donors (Lipinski definition) is 1. The molecule has 1 amide bonds. The lowest BCUT2D eigenvalue weighted by Gasteiger charge is -2.17. The van der Waals surface area contributed by atoms with Crippen LogP contribution in [0.4, 0.5) is 0 Å². The predicted octanol–water partition coefficient (Wildman–Crippen LogP) is 3.13. The van der Waals surface area contributed by atoms with Crippen LogP contribution in [0.2, 0.25) is 0 Å². The topological polar surface area (TPSA) is 64.0 Å². The van der Waals surface area contributed by atoms with Crippen LogP contribution < -0.4 is 10.9 Å². The largest absolute Gasteiger partial charge is 0.352 e. The van der Waals surface area contributed by atoms with Gasteiger partial charge in [-0.25, -0.2) is 0 Å². The minimum Gasteiger partial charge on any atom is -0.352 e. The Morgan fingerprint density at radius 1 is 1.11 bits per heavy atom. The Morgan fingerprint density at radius 2 is 1.81 bits per heavy atom. The highest BCUT2D eigenvalue weighted by atomic mass is 16.2. The van der Waals surface area contributed by atoms with Gasteiger partial charge in [0.15, 0.2) is 0 Å². The number of hydrogen-bond acceptors (Lipinski definition) is 3. The van der Waals surface area contributed by atoms with Gasteiger partial charge in [0.25, 0.3) is 11.5 Å². The Balaban J connectivity index is 1.78. The molecule has 0 bridgehead atoms. The Labute approximate surface area is 158 Å². The van der Waals surface area contributed by atoms with E-state index >= 15 is 0 Å². The summed E-state index contributed by atoms with van der Waals surface area (Å²) < 4.78 is 1.61. The summed E-state index contributed by atoms with van der Waals surface area (Å²) in [5, 5.41) is 2.86. The zero-order chi connectivity index (χ0) is 19.2. The summed E-state index contributed by atoms with van der Waals surface area (Å²) in [5.41, 5.74) is 2.72. The third-order valence-corrected chi connectivity index (χ3v) is 4.70. The average Bonchev–Trinajstić information content (AvgIpc) is 2.69. The molecule has 0 saturated heterocycles. The highest BCUT2D eigenvalue weighted by Gasteiger charge is 2.18. The lowest BCUT2D eigenvalue weighted by atomic mass is 10.1. The van der Waals surface area contributed by atoms with Gasteiger partial charge in [0.2, 0.25) is 0 Å². The molecule has 5 nitrogen and oxygen atoms in total. The predicted molar refractivity (Wildman–Crippen MR) is 106 cm³/mol. The van der Waals surface area contributed by atoms with Crippen LogP contribution in [0.15, 0.2) is 71.9 Å². The molecular formula is C22H23N3O2. The van der Waals surface area contributed by atoms with Crippen LogP contribution in [-0.4, -0.2) is 22.0 Å². The molecule has 1 aromatic carbocycles. The zero-order valence-corrected chi connectivity index (χ0v) is 15.6. The molecule has 0 aliphatic heterocycles. The van der Waals surface area contributed by atoms with Crippen LogP contribution in [0.3, 0.4) is 0 Å². The van der Waals surface area contributed by atoms with Crippen molar-refractivity contribution in [3.05, 3.63) is 99.7 Å². The molecule has 2 aromatic heterocycles. The SMILES string of the molecule is Cc1ccn(C(C)c2ccccc2)c(=O)c1C(=O)NCCc1ccncc1. The maximum atomic E-state index is 13.0. The summed E-state index contributed by atoms with van der Waals surface area (Å²) in [6, 6.07) is 15.3. The zero-order valence-electron chi connectivity index (χ0n) is 15.6. The van der Waals surface area contributed by atoms with E-state index in [-0.39, 0.29) is 23.1 Å². The molecule has 0 aliphatic carbocycles. The van der Waals surface area contributed by atoms with Crippen molar-refractivity contribution in [1.82, 2.24) is 14.9 Å². The maximum Gasteiger partial charge on any atom is 0.264 e. The third kappa shape index (κ3) is 4.31. The number of carbonyl (C=O) groups is 1. The molecule has 3 aromatic rings. The van der Waals surface area contributed by atoms with Crippen LogP contribution in [-0.2, 0) is 6.42 Å². The highest BCUT2D eigenvalue weighted by molar-refractivity contribution is 5.95. The first-order chi connectivity index (χ1) is 13.1. The van der Waals surface area contributed by atoms with Gasteiger partial charge < -0.3 is 9.88 Å². The summed E-state index contributed by atoms with van der Waals surface area (Å²) in [6.45, 7) is 4.21. The van der Waals surface area contributed by atoms with Crippen LogP contribution >= 0.6 is 0 Å². The van der Waals surface area contributed by atoms with Crippen LogP contribution in [0.5, 0.6) is 0 Å². The Morgan fingerprint density at radius 3 is 2.52 bits per heavy atom. The summed E-state index contributed by atoms with van der Waals surface area (Å²) in [4.78, 5) is 29.6. The highest BCUT2D eigenvalue weighted by Crippen LogP contribution is 2.16. The summed E-state index contributed by atoms with van der Waals surface area (Å²) >= 11 is 0. The number of amides is 1. The van der Waals surface area contributed by atoms with E-state index in [4.69, 9.17) is 0 Å².